The van der Waals surface area contributed by atoms with Crippen LogP contribution in [0.5, 0.6) is 0 Å². The van der Waals surface area contributed by atoms with Crippen LogP contribution in [0.4, 0.5) is 10.1 Å². The van der Waals surface area contributed by atoms with Crippen molar-refractivity contribution < 1.29 is 17.6 Å². The lowest BCUT2D eigenvalue weighted by atomic mass is 10.2. The van der Waals surface area contributed by atoms with E-state index in [0.29, 0.717) is 25.1 Å². The molecule has 1 aromatic rings. The van der Waals surface area contributed by atoms with E-state index < -0.39 is 15.8 Å². The third-order valence-corrected chi connectivity index (χ3v) is 5.72. The molecular formula is C16H21FN2O3S. The molecule has 0 aliphatic carbocycles. The Labute approximate surface area is 136 Å². The van der Waals surface area contributed by atoms with Crippen LogP contribution in [-0.4, -0.2) is 44.0 Å². The van der Waals surface area contributed by atoms with Crippen molar-refractivity contribution in [3.63, 3.8) is 0 Å². The molecule has 1 aliphatic heterocycles. The summed E-state index contributed by atoms with van der Waals surface area (Å²) >= 11 is 0. The minimum atomic E-state index is -3.21. The minimum absolute atomic E-state index is 0.150. The molecule has 0 atom stereocenters. The lowest BCUT2D eigenvalue weighted by Gasteiger charge is -2.25. The van der Waals surface area contributed by atoms with Gasteiger partial charge >= 0.3 is 0 Å². The zero-order chi connectivity index (χ0) is 16.9. The number of nitrogens with zero attached hydrogens (tertiary/aromatic N) is 2. The summed E-state index contributed by atoms with van der Waals surface area (Å²) in [5, 5.41) is 0. The lowest BCUT2D eigenvalue weighted by Crippen LogP contribution is -2.39. The van der Waals surface area contributed by atoms with Crippen LogP contribution < -0.4 is 4.90 Å². The van der Waals surface area contributed by atoms with Crippen LogP contribution in [0.25, 0.3) is 0 Å². The Balaban J connectivity index is 2.13. The van der Waals surface area contributed by atoms with Gasteiger partial charge in [0.25, 0.3) is 0 Å². The molecule has 1 aromatic carbocycles. The summed E-state index contributed by atoms with van der Waals surface area (Å²) in [4.78, 5) is 13.8. The molecule has 2 rings (SSSR count). The molecular weight excluding hydrogens is 319 g/mol. The van der Waals surface area contributed by atoms with E-state index in [4.69, 9.17) is 0 Å². The Morgan fingerprint density at radius 2 is 2.22 bits per heavy atom. The number of benzene rings is 1. The number of amides is 1. The normalized spacial score (nSPS) is 17.1. The summed E-state index contributed by atoms with van der Waals surface area (Å²) < 4.78 is 38.5. The quantitative estimate of drug-likeness (QED) is 0.715. The topological polar surface area (TPSA) is 57.7 Å². The van der Waals surface area contributed by atoms with Crippen LogP contribution in [-0.2, 0) is 14.8 Å². The van der Waals surface area contributed by atoms with Crippen LogP contribution in [0.3, 0.4) is 0 Å². The first-order chi connectivity index (χ1) is 10.9. The number of hydrogen-bond acceptors (Lipinski definition) is 3. The highest BCUT2D eigenvalue weighted by Gasteiger charge is 2.29. The van der Waals surface area contributed by atoms with Crippen molar-refractivity contribution in [2.45, 2.75) is 19.3 Å². The van der Waals surface area contributed by atoms with Crippen molar-refractivity contribution in [1.29, 1.82) is 0 Å². The van der Waals surface area contributed by atoms with Gasteiger partial charge in [-0.25, -0.2) is 17.1 Å². The zero-order valence-corrected chi connectivity index (χ0v) is 13.8. The highest BCUT2D eigenvalue weighted by atomic mass is 32.2. The van der Waals surface area contributed by atoms with E-state index in [0.717, 1.165) is 0 Å². The number of anilines is 1. The van der Waals surface area contributed by atoms with Gasteiger partial charge in [-0.1, -0.05) is 12.1 Å². The van der Waals surface area contributed by atoms with Gasteiger partial charge in [-0.05, 0) is 31.0 Å². The third-order valence-electron chi connectivity index (χ3n) is 3.76. The fraction of sp³-hybridized carbons (Fsp3) is 0.438. The highest BCUT2D eigenvalue weighted by molar-refractivity contribution is 7.89. The second kappa shape index (κ2) is 7.70. The first-order valence-corrected chi connectivity index (χ1v) is 9.19. The smallest absolute Gasteiger partial charge is 0.227 e. The molecule has 0 N–H and O–H groups in total. The van der Waals surface area contributed by atoms with E-state index in [1.807, 2.05) is 0 Å². The molecule has 1 saturated heterocycles. The van der Waals surface area contributed by atoms with Gasteiger partial charge in [0.1, 0.15) is 5.82 Å². The summed E-state index contributed by atoms with van der Waals surface area (Å²) in [6.07, 6.45) is 3.03. The molecule has 0 unspecified atom stereocenters. The van der Waals surface area contributed by atoms with Crippen molar-refractivity contribution in [2.75, 3.05) is 30.3 Å². The maximum atomic E-state index is 13.4. The maximum absolute atomic E-state index is 13.4. The van der Waals surface area contributed by atoms with Crippen LogP contribution in [0.15, 0.2) is 36.9 Å². The van der Waals surface area contributed by atoms with E-state index >= 15 is 0 Å². The second-order valence-corrected chi connectivity index (χ2v) is 7.51. The Hall–Kier alpha value is -1.73. The van der Waals surface area contributed by atoms with Crippen LogP contribution >= 0.6 is 0 Å². The molecule has 0 bridgehead atoms. The first kappa shape index (κ1) is 17.6. The van der Waals surface area contributed by atoms with E-state index in [-0.39, 0.29) is 31.2 Å². The second-order valence-electron chi connectivity index (χ2n) is 5.42. The lowest BCUT2D eigenvalue weighted by molar-refractivity contribution is -0.118. The van der Waals surface area contributed by atoms with E-state index in [1.165, 1.54) is 27.4 Å². The molecule has 0 saturated carbocycles. The third kappa shape index (κ3) is 4.62. The van der Waals surface area contributed by atoms with Gasteiger partial charge in [0.05, 0.1) is 5.75 Å². The van der Waals surface area contributed by atoms with Crippen molar-refractivity contribution in [2.24, 2.45) is 0 Å². The molecule has 1 fully saturated rings. The van der Waals surface area contributed by atoms with Crippen LogP contribution in [0.1, 0.15) is 19.3 Å². The SMILES string of the molecule is C=CCCC(=O)N(CCN1CCCS1(=O)=O)c1cccc(F)c1. The highest BCUT2D eigenvalue weighted by Crippen LogP contribution is 2.19. The molecule has 1 heterocycles. The Morgan fingerprint density at radius 1 is 1.43 bits per heavy atom. The van der Waals surface area contributed by atoms with Crippen LogP contribution in [0.2, 0.25) is 0 Å². The van der Waals surface area contributed by atoms with Gasteiger partial charge in [-0.3, -0.25) is 4.79 Å². The molecule has 1 aliphatic rings. The molecule has 0 aromatic heterocycles. The van der Waals surface area contributed by atoms with Gasteiger partial charge in [0, 0.05) is 31.7 Å². The van der Waals surface area contributed by atoms with Crippen LogP contribution in [0, 0.1) is 5.82 Å². The molecule has 23 heavy (non-hydrogen) atoms. The largest absolute Gasteiger partial charge is 0.311 e. The van der Waals surface area contributed by atoms with Gasteiger partial charge in [0.15, 0.2) is 0 Å². The van der Waals surface area contributed by atoms with E-state index in [1.54, 1.807) is 12.1 Å². The van der Waals surface area contributed by atoms with E-state index in [9.17, 15) is 17.6 Å². The zero-order valence-electron chi connectivity index (χ0n) is 12.9. The van der Waals surface area contributed by atoms with E-state index in [2.05, 4.69) is 6.58 Å². The summed E-state index contributed by atoms with van der Waals surface area (Å²) in [6.45, 7) is 4.49. The molecule has 0 spiro atoms. The number of sulfonamides is 1. The molecule has 0 radical (unpaired) electrons. The van der Waals surface area contributed by atoms with Gasteiger partial charge in [-0.2, -0.15) is 0 Å². The number of rotatable bonds is 7. The number of halogens is 1. The maximum Gasteiger partial charge on any atom is 0.227 e. The predicted octanol–water partition coefficient (Wildman–Crippen LogP) is 2.16. The van der Waals surface area contributed by atoms with Gasteiger partial charge in [-0.15, -0.1) is 6.58 Å². The predicted molar refractivity (Wildman–Crippen MR) is 88.2 cm³/mol. The fourth-order valence-electron chi connectivity index (χ4n) is 2.56. The summed E-state index contributed by atoms with van der Waals surface area (Å²) in [5.41, 5.74) is 0.440. The minimum Gasteiger partial charge on any atom is -0.311 e. The van der Waals surface area contributed by atoms with Crippen molar-refractivity contribution >= 4 is 21.6 Å². The molecule has 1 amide bonds. The molecule has 5 nitrogen and oxygen atoms in total. The number of carbonyl (C=O) groups excluding carboxylic acids is 1. The van der Waals surface area contributed by atoms with Crippen molar-refractivity contribution in [3.8, 4) is 0 Å². The Bertz CT molecular complexity index is 676. The monoisotopic (exact) mass is 340 g/mol. The van der Waals surface area contributed by atoms with Crippen molar-refractivity contribution in [1.82, 2.24) is 4.31 Å². The standard InChI is InChI=1S/C16H21FN2O3S/c1-2-3-8-16(20)19(15-7-4-6-14(17)13-15)11-10-18-9-5-12-23(18,21)22/h2,4,6-7,13H,1,3,5,8-12H2. The average Bonchev–Trinajstić information content (AvgIpc) is 2.84. The molecule has 7 heteroatoms. The number of allylic oxidation sites excluding steroid dienone is 1. The average molecular weight is 340 g/mol. The van der Waals surface area contributed by atoms with Gasteiger partial charge in [0.2, 0.25) is 15.9 Å². The summed E-state index contributed by atoms with van der Waals surface area (Å²) in [7, 11) is -3.21. The summed E-state index contributed by atoms with van der Waals surface area (Å²) in [6, 6.07) is 5.77. The van der Waals surface area contributed by atoms with Gasteiger partial charge < -0.3 is 4.90 Å². The number of carbonyl (C=O) groups is 1. The number of hydrogen-bond donors (Lipinski definition) is 0. The molecule has 126 valence electrons. The first-order valence-electron chi connectivity index (χ1n) is 7.59. The fourth-order valence-corrected chi connectivity index (χ4v) is 4.08. The van der Waals surface area contributed by atoms with Crippen molar-refractivity contribution in [3.05, 3.63) is 42.7 Å². The Kier molecular flexibility index (Phi) is 5.90. The summed E-state index contributed by atoms with van der Waals surface area (Å²) in [5.74, 6) is -0.456. The Morgan fingerprint density at radius 3 is 2.83 bits per heavy atom.